The van der Waals surface area contributed by atoms with E-state index in [1.54, 1.807) is 0 Å². The summed E-state index contributed by atoms with van der Waals surface area (Å²) < 4.78 is 10.6. The maximum Gasteiger partial charge on any atom is 0.0940 e. The summed E-state index contributed by atoms with van der Waals surface area (Å²) in [7, 11) is 0. The van der Waals surface area contributed by atoms with Gasteiger partial charge in [-0.1, -0.05) is 0 Å². The fourth-order valence-corrected chi connectivity index (χ4v) is 1.40. The summed E-state index contributed by atoms with van der Waals surface area (Å²) >= 11 is 0. The van der Waals surface area contributed by atoms with Crippen molar-refractivity contribution in [3.05, 3.63) is 0 Å². The maximum absolute atomic E-state index is 8.63. The van der Waals surface area contributed by atoms with Gasteiger partial charge in [0, 0.05) is 32.8 Å². The second kappa shape index (κ2) is 11.8. The molecule has 0 aliphatic rings. The molecule has 0 saturated heterocycles. The quantitative estimate of drug-likeness (QED) is 0.538. The summed E-state index contributed by atoms with van der Waals surface area (Å²) in [6, 6.07) is 1.67. The first-order chi connectivity index (χ1) is 8.24. The molecule has 0 bridgehead atoms. The molecule has 0 aromatic heterocycles. The van der Waals surface area contributed by atoms with Crippen molar-refractivity contribution in [1.29, 1.82) is 5.26 Å². The summed E-state index contributed by atoms with van der Waals surface area (Å²) in [5.74, 6) is 0. The van der Waals surface area contributed by atoms with Crippen molar-refractivity contribution in [3.8, 4) is 6.07 Å². The molecule has 0 fully saturated rings. The Kier molecular flexibility index (Phi) is 11.3. The topological polar surface area (TPSA) is 71.5 Å². The molecule has 100 valence electrons. The fraction of sp³-hybridized carbons (Fsp3) is 0.917. The summed E-state index contributed by atoms with van der Waals surface area (Å²) in [4.78, 5) is 2.22. The van der Waals surface area contributed by atoms with Crippen molar-refractivity contribution in [3.63, 3.8) is 0 Å². The van der Waals surface area contributed by atoms with E-state index >= 15 is 0 Å². The fourth-order valence-electron chi connectivity index (χ4n) is 1.40. The van der Waals surface area contributed by atoms with Crippen molar-refractivity contribution < 1.29 is 9.47 Å². The van der Waals surface area contributed by atoms with Gasteiger partial charge in [-0.3, -0.25) is 4.90 Å². The van der Waals surface area contributed by atoms with Gasteiger partial charge in [0.15, 0.2) is 0 Å². The summed E-state index contributed by atoms with van der Waals surface area (Å²) in [5, 5.41) is 8.63. The highest BCUT2D eigenvalue weighted by molar-refractivity contribution is 4.86. The third kappa shape index (κ3) is 10.2. The van der Waals surface area contributed by atoms with Gasteiger partial charge in [-0.15, -0.1) is 0 Å². The van der Waals surface area contributed by atoms with Crippen molar-refractivity contribution in [2.24, 2.45) is 5.73 Å². The van der Waals surface area contributed by atoms with Crippen molar-refractivity contribution in [2.45, 2.75) is 26.3 Å². The van der Waals surface area contributed by atoms with Crippen LogP contribution in [0.5, 0.6) is 0 Å². The molecule has 2 N–H and O–H groups in total. The second-order valence-electron chi connectivity index (χ2n) is 3.76. The first kappa shape index (κ1) is 16.3. The Morgan fingerprint density at radius 2 is 1.65 bits per heavy atom. The van der Waals surface area contributed by atoms with Crippen LogP contribution in [0, 0.1) is 11.3 Å². The molecule has 0 aromatic carbocycles. The minimum Gasteiger partial charge on any atom is -0.380 e. The van der Waals surface area contributed by atoms with Crippen LogP contribution < -0.4 is 5.73 Å². The highest BCUT2D eigenvalue weighted by atomic mass is 16.5. The molecule has 5 heteroatoms. The van der Waals surface area contributed by atoms with Gasteiger partial charge < -0.3 is 15.2 Å². The molecule has 0 rings (SSSR count). The minimum atomic E-state index is -0.378. The van der Waals surface area contributed by atoms with Crippen LogP contribution in [0.4, 0.5) is 0 Å². The number of nitrogens with zero attached hydrogens (tertiary/aromatic N) is 2. The lowest BCUT2D eigenvalue weighted by Crippen LogP contribution is -2.35. The van der Waals surface area contributed by atoms with Crippen molar-refractivity contribution >= 4 is 0 Å². The Morgan fingerprint density at radius 1 is 1.12 bits per heavy atom. The van der Waals surface area contributed by atoms with Crippen molar-refractivity contribution in [2.75, 3.05) is 46.1 Å². The lowest BCUT2D eigenvalue weighted by Gasteiger charge is -2.22. The predicted octanol–water partition coefficient (Wildman–Crippen LogP) is 0.602. The maximum atomic E-state index is 8.63. The normalized spacial score (nSPS) is 12.6. The predicted molar refractivity (Wildman–Crippen MR) is 67.6 cm³/mol. The van der Waals surface area contributed by atoms with Crippen LogP contribution in [0.25, 0.3) is 0 Å². The van der Waals surface area contributed by atoms with Crippen LogP contribution in [0.1, 0.15) is 20.3 Å². The Bertz CT molecular complexity index is 196. The van der Waals surface area contributed by atoms with E-state index in [0.29, 0.717) is 19.6 Å². The monoisotopic (exact) mass is 243 g/mol. The number of ether oxygens (including phenoxy) is 2. The number of nitriles is 1. The SMILES string of the molecule is CCOCCN(CCOCC)CCC(N)C#N. The minimum absolute atomic E-state index is 0.378. The van der Waals surface area contributed by atoms with E-state index in [-0.39, 0.29) is 6.04 Å². The molecule has 0 aromatic rings. The zero-order valence-electron chi connectivity index (χ0n) is 11.0. The van der Waals surface area contributed by atoms with E-state index in [1.807, 2.05) is 19.9 Å². The van der Waals surface area contributed by atoms with Crippen LogP contribution in [0.3, 0.4) is 0 Å². The van der Waals surface area contributed by atoms with Crippen LogP contribution in [-0.2, 0) is 9.47 Å². The lowest BCUT2D eigenvalue weighted by atomic mass is 10.2. The van der Waals surface area contributed by atoms with E-state index in [2.05, 4.69) is 4.90 Å². The second-order valence-corrected chi connectivity index (χ2v) is 3.76. The smallest absolute Gasteiger partial charge is 0.0940 e. The molecule has 1 atom stereocenters. The van der Waals surface area contributed by atoms with Gasteiger partial charge in [-0.2, -0.15) is 5.26 Å². The van der Waals surface area contributed by atoms with Gasteiger partial charge in [-0.05, 0) is 20.3 Å². The zero-order chi connectivity index (χ0) is 12.9. The van der Waals surface area contributed by atoms with Gasteiger partial charge in [0.25, 0.3) is 0 Å². The first-order valence-electron chi connectivity index (χ1n) is 6.27. The third-order valence-electron chi connectivity index (χ3n) is 2.43. The van der Waals surface area contributed by atoms with Crippen LogP contribution in [0.2, 0.25) is 0 Å². The molecule has 0 saturated carbocycles. The number of rotatable bonds is 11. The average molecular weight is 243 g/mol. The van der Waals surface area contributed by atoms with E-state index in [1.165, 1.54) is 0 Å². The molecule has 0 amide bonds. The first-order valence-corrected chi connectivity index (χ1v) is 6.27. The summed E-state index contributed by atoms with van der Waals surface area (Å²) in [6.07, 6.45) is 0.689. The molecule has 0 heterocycles. The summed E-state index contributed by atoms with van der Waals surface area (Å²) in [5.41, 5.74) is 5.58. The molecular weight excluding hydrogens is 218 g/mol. The highest BCUT2D eigenvalue weighted by Crippen LogP contribution is 1.95. The third-order valence-corrected chi connectivity index (χ3v) is 2.43. The average Bonchev–Trinajstić information content (AvgIpc) is 2.35. The molecule has 1 unspecified atom stereocenters. The molecular formula is C12H25N3O2. The number of hydrogen-bond acceptors (Lipinski definition) is 5. The molecule has 17 heavy (non-hydrogen) atoms. The Balaban J connectivity index is 3.80. The standard InChI is InChI=1S/C12H25N3O2/c1-3-16-9-7-15(8-10-17-4-2)6-5-12(14)11-13/h12H,3-10,14H2,1-2H3. The van der Waals surface area contributed by atoms with Crippen LogP contribution in [-0.4, -0.2) is 57.0 Å². The van der Waals surface area contributed by atoms with E-state index in [0.717, 1.165) is 32.8 Å². The molecule has 0 aliphatic carbocycles. The summed E-state index contributed by atoms with van der Waals surface area (Å²) in [6.45, 7) is 9.39. The van der Waals surface area contributed by atoms with Crippen LogP contribution in [0.15, 0.2) is 0 Å². The van der Waals surface area contributed by atoms with E-state index in [9.17, 15) is 0 Å². The number of nitrogens with two attached hydrogens (primary N) is 1. The Morgan fingerprint density at radius 3 is 2.06 bits per heavy atom. The van der Waals surface area contributed by atoms with Gasteiger partial charge in [0.1, 0.15) is 0 Å². The number of hydrogen-bond donors (Lipinski definition) is 1. The van der Waals surface area contributed by atoms with Crippen LogP contribution >= 0.6 is 0 Å². The lowest BCUT2D eigenvalue weighted by molar-refractivity contribution is 0.0820. The Hall–Kier alpha value is -0.670. The Labute approximate surface area is 104 Å². The van der Waals surface area contributed by atoms with E-state index < -0.39 is 0 Å². The van der Waals surface area contributed by atoms with Gasteiger partial charge >= 0.3 is 0 Å². The molecule has 5 nitrogen and oxygen atoms in total. The van der Waals surface area contributed by atoms with E-state index in [4.69, 9.17) is 20.5 Å². The van der Waals surface area contributed by atoms with Crippen molar-refractivity contribution in [1.82, 2.24) is 4.90 Å². The van der Waals surface area contributed by atoms with Gasteiger partial charge in [0.05, 0.1) is 25.3 Å². The molecule has 0 aliphatic heterocycles. The van der Waals surface area contributed by atoms with Gasteiger partial charge in [-0.25, -0.2) is 0 Å². The largest absolute Gasteiger partial charge is 0.380 e. The molecule has 0 spiro atoms. The zero-order valence-corrected chi connectivity index (χ0v) is 11.0. The molecule has 0 radical (unpaired) electrons. The highest BCUT2D eigenvalue weighted by Gasteiger charge is 2.07. The van der Waals surface area contributed by atoms with Gasteiger partial charge in [0.2, 0.25) is 0 Å².